The summed E-state index contributed by atoms with van der Waals surface area (Å²) in [5, 5.41) is 8.22. The van der Waals surface area contributed by atoms with E-state index >= 15 is 0 Å². The number of benzene rings is 2. The Labute approximate surface area is 194 Å². The van der Waals surface area contributed by atoms with Crippen molar-refractivity contribution in [2.75, 3.05) is 19.8 Å². The molecule has 0 unspecified atom stereocenters. The van der Waals surface area contributed by atoms with Gasteiger partial charge in [0.25, 0.3) is 11.8 Å². The summed E-state index contributed by atoms with van der Waals surface area (Å²) in [7, 11) is 3.38. The molecule has 0 aliphatic carbocycles. The molecule has 1 amide bonds. The predicted molar refractivity (Wildman–Crippen MR) is 124 cm³/mol. The van der Waals surface area contributed by atoms with E-state index in [0.29, 0.717) is 34.0 Å². The molecule has 2 N–H and O–H groups in total. The highest BCUT2D eigenvalue weighted by Gasteiger charge is 2.20. The summed E-state index contributed by atoms with van der Waals surface area (Å²) < 4.78 is 11.3. The number of nitrogen functional groups attached to an aromatic ring is 1. The van der Waals surface area contributed by atoms with Crippen LogP contribution in [0.4, 0.5) is 5.82 Å². The molecular weight excluding hydrogens is 434 g/mol. The number of amides is 1. The third-order valence-electron chi connectivity index (χ3n) is 5.10. The van der Waals surface area contributed by atoms with Crippen molar-refractivity contribution in [1.29, 1.82) is 0 Å². The van der Waals surface area contributed by atoms with Crippen molar-refractivity contribution >= 4 is 11.7 Å². The molecule has 0 saturated heterocycles. The van der Waals surface area contributed by atoms with E-state index in [1.54, 1.807) is 38.5 Å². The first-order valence-corrected chi connectivity index (χ1v) is 10.3. The number of hydrogen-bond donors (Lipinski definition) is 1. The van der Waals surface area contributed by atoms with Gasteiger partial charge in [0.2, 0.25) is 5.89 Å². The molecule has 5 rings (SSSR count). The zero-order chi connectivity index (χ0) is 23.7. The van der Waals surface area contributed by atoms with Gasteiger partial charge in [-0.25, -0.2) is 15.0 Å². The Balaban J connectivity index is 1.60. The molecule has 5 aromatic rings. The smallest absolute Gasteiger partial charge is 0.270 e. The van der Waals surface area contributed by atoms with Crippen molar-refractivity contribution in [3.63, 3.8) is 0 Å². The van der Waals surface area contributed by atoms with Gasteiger partial charge in [0.05, 0.1) is 18.1 Å². The van der Waals surface area contributed by atoms with Crippen LogP contribution >= 0.6 is 0 Å². The fourth-order valence-corrected chi connectivity index (χ4v) is 3.41. The standard InChI is InChI=1S/C24H19N7O3/c1-31(2)24(32)15-8-9-16(17(10-15)19-12-26-13-33-19)18-11-27-21(25)20(28-18)23-30-29-22(34-23)14-6-4-3-5-7-14/h3-13H,1-2H3,(H2,25,27). The number of nitrogens with zero attached hydrogens (tertiary/aromatic N) is 6. The van der Waals surface area contributed by atoms with E-state index in [4.69, 9.17) is 14.6 Å². The molecule has 10 heteroatoms. The molecule has 3 heterocycles. The Morgan fingerprint density at radius 1 is 0.971 bits per heavy atom. The van der Waals surface area contributed by atoms with E-state index in [2.05, 4.69) is 25.1 Å². The lowest BCUT2D eigenvalue weighted by Gasteiger charge is -2.13. The molecule has 0 spiro atoms. The molecule has 0 atom stereocenters. The number of nitrogens with two attached hydrogens (primary N) is 1. The predicted octanol–water partition coefficient (Wildman–Crippen LogP) is 3.80. The van der Waals surface area contributed by atoms with Crippen LogP contribution in [0.5, 0.6) is 0 Å². The van der Waals surface area contributed by atoms with Crippen molar-refractivity contribution in [1.82, 2.24) is 30.0 Å². The molecule has 2 aromatic carbocycles. The van der Waals surface area contributed by atoms with Gasteiger partial charge in [0, 0.05) is 36.3 Å². The highest BCUT2D eigenvalue weighted by atomic mass is 16.4. The van der Waals surface area contributed by atoms with E-state index in [-0.39, 0.29) is 23.3 Å². The zero-order valence-electron chi connectivity index (χ0n) is 18.3. The van der Waals surface area contributed by atoms with Crippen molar-refractivity contribution < 1.29 is 13.6 Å². The summed E-state index contributed by atoms with van der Waals surface area (Å²) >= 11 is 0. The SMILES string of the molecule is CN(C)C(=O)c1ccc(-c2cnc(N)c(-c3nnc(-c4ccccc4)o3)n2)c(-c2cnco2)c1. The minimum atomic E-state index is -0.143. The fourth-order valence-electron chi connectivity index (χ4n) is 3.41. The highest BCUT2D eigenvalue weighted by molar-refractivity contribution is 5.97. The second kappa shape index (κ2) is 8.58. The lowest BCUT2D eigenvalue weighted by molar-refractivity contribution is 0.0827. The maximum absolute atomic E-state index is 12.5. The third-order valence-corrected chi connectivity index (χ3v) is 5.10. The quantitative estimate of drug-likeness (QED) is 0.421. The van der Waals surface area contributed by atoms with Crippen molar-refractivity contribution in [3.8, 4) is 45.6 Å². The molecule has 10 nitrogen and oxygen atoms in total. The summed E-state index contributed by atoms with van der Waals surface area (Å²) in [6, 6.07) is 14.6. The van der Waals surface area contributed by atoms with Crippen LogP contribution in [-0.4, -0.2) is 50.1 Å². The van der Waals surface area contributed by atoms with E-state index in [1.165, 1.54) is 17.5 Å². The van der Waals surface area contributed by atoms with Crippen LogP contribution < -0.4 is 5.73 Å². The summed E-state index contributed by atoms with van der Waals surface area (Å²) in [4.78, 5) is 27.0. The second-order valence-corrected chi connectivity index (χ2v) is 7.59. The van der Waals surface area contributed by atoms with Crippen LogP contribution in [0.2, 0.25) is 0 Å². The Kier molecular flexibility index (Phi) is 5.30. The number of carbonyl (C=O) groups excluding carboxylic acids is 1. The largest absolute Gasteiger partial charge is 0.443 e. The lowest BCUT2D eigenvalue weighted by atomic mass is 9.99. The van der Waals surface area contributed by atoms with Crippen LogP contribution in [0.15, 0.2) is 76.2 Å². The number of carbonyl (C=O) groups is 1. The summed E-state index contributed by atoms with van der Waals surface area (Å²) in [5.41, 5.74) is 9.41. The summed E-state index contributed by atoms with van der Waals surface area (Å²) in [6.45, 7) is 0. The highest BCUT2D eigenvalue weighted by Crippen LogP contribution is 2.34. The Morgan fingerprint density at radius 2 is 1.76 bits per heavy atom. The molecule has 0 aliphatic heterocycles. The third kappa shape index (κ3) is 3.88. The molecular formula is C24H19N7O3. The van der Waals surface area contributed by atoms with Gasteiger partial charge in [-0.1, -0.05) is 24.3 Å². The van der Waals surface area contributed by atoms with Gasteiger partial charge < -0.3 is 19.5 Å². The van der Waals surface area contributed by atoms with Crippen LogP contribution in [0.1, 0.15) is 10.4 Å². The topological polar surface area (TPSA) is 137 Å². The average Bonchev–Trinajstić information content (AvgIpc) is 3.57. The van der Waals surface area contributed by atoms with Gasteiger partial charge in [0.1, 0.15) is 0 Å². The van der Waals surface area contributed by atoms with Crippen LogP contribution in [0, 0.1) is 0 Å². The number of hydrogen-bond acceptors (Lipinski definition) is 9. The van der Waals surface area contributed by atoms with Gasteiger partial charge in [-0.2, -0.15) is 0 Å². The molecule has 0 radical (unpaired) electrons. The second-order valence-electron chi connectivity index (χ2n) is 7.59. The molecule has 0 aliphatic rings. The van der Waals surface area contributed by atoms with E-state index in [9.17, 15) is 4.79 Å². The minimum absolute atomic E-state index is 0.143. The van der Waals surface area contributed by atoms with Crippen molar-refractivity contribution in [3.05, 3.63) is 72.9 Å². The van der Waals surface area contributed by atoms with Crippen molar-refractivity contribution in [2.24, 2.45) is 0 Å². The van der Waals surface area contributed by atoms with Crippen molar-refractivity contribution in [2.45, 2.75) is 0 Å². The summed E-state index contributed by atoms with van der Waals surface area (Å²) in [6.07, 6.45) is 4.43. The molecule has 0 bridgehead atoms. The van der Waals surface area contributed by atoms with Gasteiger partial charge in [0.15, 0.2) is 23.7 Å². The lowest BCUT2D eigenvalue weighted by Crippen LogP contribution is -2.21. The molecule has 0 fully saturated rings. The molecule has 0 saturated carbocycles. The number of oxazole rings is 1. The summed E-state index contributed by atoms with van der Waals surface area (Å²) in [5.74, 6) is 0.971. The first-order valence-electron chi connectivity index (χ1n) is 10.3. The van der Waals surface area contributed by atoms with Gasteiger partial charge >= 0.3 is 0 Å². The van der Waals surface area contributed by atoms with Gasteiger partial charge in [-0.3, -0.25) is 4.79 Å². The molecule has 3 aromatic heterocycles. The zero-order valence-corrected chi connectivity index (χ0v) is 18.3. The maximum Gasteiger partial charge on any atom is 0.270 e. The molecule has 34 heavy (non-hydrogen) atoms. The molecule has 168 valence electrons. The maximum atomic E-state index is 12.5. The van der Waals surface area contributed by atoms with E-state index in [0.717, 1.165) is 5.56 Å². The number of rotatable bonds is 5. The van der Waals surface area contributed by atoms with Crippen LogP contribution in [-0.2, 0) is 0 Å². The average molecular weight is 453 g/mol. The van der Waals surface area contributed by atoms with Crippen LogP contribution in [0.25, 0.3) is 45.6 Å². The monoisotopic (exact) mass is 453 g/mol. The fraction of sp³-hybridized carbons (Fsp3) is 0.0833. The van der Waals surface area contributed by atoms with E-state index in [1.807, 2.05) is 30.3 Å². The van der Waals surface area contributed by atoms with E-state index < -0.39 is 0 Å². The first kappa shape index (κ1) is 21.0. The Hall–Kier alpha value is -4.86. The van der Waals surface area contributed by atoms with Gasteiger partial charge in [-0.15, -0.1) is 10.2 Å². The Morgan fingerprint density at radius 3 is 2.50 bits per heavy atom. The van der Waals surface area contributed by atoms with Crippen LogP contribution in [0.3, 0.4) is 0 Å². The first-order chi connectivity index (χ1) is 16.5. The number of aromatic nitrogens is 5. The Bertz CT molecular complexity index is 1460. The normalized spacial score (nSPS) is 10.9. The van der Waals surface area contributed by atoms with Gasteiger partial charge in [-0.05, 0) is 24.3 Å². The number of anilines is 1. The minimum Gasteiger partial charge on any atom is -0.443 e.